The van der Waals surface area contributed by atoms with E-state index < -0.39 is 0 Å². The topological polar surface area (TPSA) is 58.4 Å². The molecular formula is C13H27N3O. The van der Waals surface area contributed by atoms with Gasteiger partial charge in [0.25, 0.3) is 0 Å². The van der Waals surface area contributed by atoms with E-state index >= 15 is 0 Å². The molecule has 4 nitrogen and oxygen atoms in total. The van der Waals surface area contributed by atoms with Gasteiger partial charge < -0.3 is 11.1 Å². The summed E-state index contributed by atoms with van der Waals surface area (Å²) in [6.07, 6.45) is 4.97. The van der Waals surface area contributed by atoms with Gasteiger partial charge in [0.15, 0.2) is 0 Å². The Balaban J connectivity index is 2.45. The lowest BCUT2D eigenvalue weighted by atomic mass is 9.97. The normalized spacial score (nSPS) is 23.0. The van der Waals surface area contributed by atoms with E-state index in [4.69, 9.17) is 5.73 Å². The van der Waals surface area contributed by atoms with Gasteiger partial charge >= 0.3 is 0 Å². The van der Waals surface area contributed by atoms with Gasteiger partial charge in [-0.15, -0.1) is 0 Å². The fourth-order valence-corrected chi connectivity index (χ4v) is 2.70. The highest BCUT2D eigenvalue weighted by molar-refractivity contribution is 5.76. The zero-order valence-electron chi connectivity index (χ0n) is 11.4. The Morgan fingerprint density at radius 1 is 1.41 bits per heavy atom. The maximum Gasteiger partial charge on any atom is 0.231 e. The molecule has 0 radical (unpaired) electrons. The first-order valence-electron chi connectivity index (χ1n) is 6.78. The van der Waals surface area contributed by atoms with Gasteiger partial charge in [0.05, 0.1) is 6.54 Å². The third-order valence-corrected chi connectivity index (χ3v) is 3.61. The summed E-state index contributed by atoms with van der Waals surface area (Å²) >= 11 is 0. The highest BCUT2D eigenvalue weighted by Crippen LogP contribution is 2.16. The van der Waals surface area contributed by atoms with Crippen molar-refractivity contribution in [1.82, 2.24) is 10.2 Å². The fraction of sp³-hybridized carbons (Fsp3) is 0.923. The molecule has 0 bridgehead atoms. The Morgan fingerprint density at radius 3 is 2.59 bits per heavy atom. The van der Waals surface area contributed by atoms with Gasteiger partial charge in [0.1, 0.15) is 0 Å². The highest BCUT2D eigenvalue weighted by atomic mass is 16.1. The van der Waals surface area contributed by atoms with E-state index in [0.717, 1.165) is 13.0 Å². The van der Waals surface area contributed by atoms with Crippen LogP contribution < -0.4 is 11.1 Å². The number of hydrogen-bond acceptors (Lipinski definition) is 3. The van der Waals surface area contributed by atoms with E-state index in [9.17, 15) is 4.79 Å². The molecule has 0 aromatic rings. The molecule has 0 aromatic heterocycles. The van der Waals surface area contributed by atoms with E-state index in [0.29, 0.717) is 24.7 Å². The van der Waals surface area contributed by atoms with Crippen LogP contribution in [-0.4, -0.2) is 42.0 Å². The van der Waals surface area contributed by atoms with Crippen molar-refractivity contribution in [3.8, 4) is 0 Å². The van der Waals surface area contributed by atoms with Crippen molar-refractivity contribution in [2.24, 2.45) is 5.73 Å². The monoisotopic (exact) mass is 241 g/mol. The SMILES string of the molecule is CC(C)N(CC(N)=O)C(C)CC1CCCCN1. The smallest absolute Gasteiger partial charge is 0.231 e. The average Bonchev–Trinajstić information content (AvgIpc) is 2.26. The predicted octanol–water partition coefficient (Wildman–Crippen LogP) is 1.10. The summed E-state index contributed by atoms with van der Waals surface area (Å²) in [6.45, 7) is 7.93. The van der Waals surface area contributed by atoms with Crippen molar-refractivity contribution in [3.05, 3.63) is 0 Å². The van der Waals surface area contributed by atoms with Crippen molar-refractivity contribution in [2.75, 3.05) is 13.1 Å². The van der Waals surface area contributed by atoms with E-state index in [1.165, 1.54) is 19.3 Å². The first-order chi connectivity index (χ1) is 8.00. The molecule has 0 saturated carbocycles. The third-order valence-electron chi connectivity index (χ3n) is 3.61. The molecule has 3 N–H and O–H groups in total. The lowest BCUT2D eigenvalue weighted by Crippen LogP contribution is -2.47. The second-order valence-electron chi connectivity index (χ2n) is 5.46. The van der Waals surface area contributed by atoms with Gasteiger partial charge in [0.2, 0.25) is 5.91 Å². The number of hydrogen-bond donors (Lipinski definition) is 2. The van der Waals surface area contributed by atoms with Crippen LogP contribution in [0.5, 0.6) is 0 Å². The van der Waals surface area contributed by atoms with E-state index in [2.05, 4.69) is 31.0 Å². The third kappa shape index (κ3) is 5.04. The maximum atomic E-state index is 11.1. The zero-order chi connectivity index (χ0) is 12.8. The van der Waals surface area contributed by atoms with Crippen molar-refractivity contribution < 1.29 is 4.79 Å². The van der Waals surface area contributed by atoms with Crippen LogP contribution in [-0.2, 0) is 4.79 Å². The molecule has 17 heavy (non-hydrogen) atoms. The molecule has 1 heterocycles. The van der Waals surface area contributed by atoms with Crippen LogP contribution in [0.4, 0.5) is 0 Å². The summed E-state index contributed by atoms with van der Waals surface area (Å²) in [5.74, 6) is -0.234. The largest absolute Gasteiger partial charge is 0.369 e. The van der Waals surface area contributed by atoms with E-state index in [1.807, 2.05) is 0 Å². The summed E-state index contributed by atoms with van der Waals surface area (Å²) in [6, 6.07) is 1.37. The molecule has 1 saturated heterocycles. The summed E-state index contributed by atoms with van der Waals surface area (Å²) in [7, 11) is 0. The molecule has 2 atom stereocenters. The number of carbonyl (C=O) groups is 1. The second-order valence-corrected chi connectivity index (χ2v) is 5.46. The van der Waals surface area contributed by atoms with E-state index in [1.54, 1.807) is 0 Å². The first kappa shape index (κ1) is 14.5. The standard InChI is InChI=1S/C13H27N3O/c1-10(2)16(9-13(14)17)11(3)8-12-6-4-5-7-15-12/h10-12,15H,4-9H2,1-3H3,(H2,14,17). The Bertz CT molecular complexity index is 237. The minimum Gasteiger partial charge on any atom is -0.369 e. The number of piperidine rings is 1. The number of nitrogens with one attached hydrogen (secondary N) is 1. The number of rotatable bonds is 6. The van der Waals surface area contributed by atoms with Crippen molar-refractivity contribution in [2.45, 2.75) is 64.6 Å². The van der Waals surface area contributed by atoms with Crippen molar-refractivity contribution >= 4 is 5.91 Å². The maximum absolute atomic E-state index is 11.1. The molecule has 0 aromatic carbocycles. The number of nitrogens with two attached hydrogens (primary N) is 1. The van der Waals surface area contributed by atoms with Crippen LogP contribution in [0.1, 0.15) is 46.5 Å². The molecule has 100 valence electrons. The average molecular weight is 241 g/mol. The lowest BCUT2D eigenvalue weighted by Gasteiger charge is -2.35. The molecule has 2 unspecified atom stereocenters. The zero-order valence-corrected chi connectivity index (χ0v) is 11.4. The lowest BCUT2D eigenvalue weighted by molar-refractivity contribution is -0.120. The van der Waals surface area contributed by atoms with Crippen molar-refractivity contribution in [3.63, 3.8) is 0 Å². The first-order valence-corrected chi connectivity index (χ1v) is 6.78. The molecule has 1 rings (SSSR count). The summed E-state index contributed by atoms with van der Waals surface area (Å²) in [4.78, 5) is 13.3. The Kier molecular flexibility index (Phi) is 5.92. The van der Waals surface area contributed by atoms with Crippen LogP contribution in [0.25, 0.3) is 0 Å². The number of nitrogens with zero attached hydrogens (tertiary/aromatic N) is 1. The summed E-state index contributed by atoms with van der Waals surface area (Å²) < 4.78 is 0. The summed E-state index contributed by atoms with van der Waals surface area (Å²) in [5, 5.41) is 3.55. The quantitative estimate of drug-likeness (QED) is 0.732. The highest BCUT2D eigenvalue weighted by Gasteiger charge is 2.23. The molecule has 1 aliphatic rings. The fourth-order valence-electron chi connectivity index (χ4n) is 2.70. The minimum atomic E-state index is -0.234. The molecule has 1 fully saturated rings. The van der Waals surface area contributed by atoms with E-state index in [-0.39, 0.29) is 5.91 Å². The van der Waals surface area contributed by atoms with Crippen LogP contribution in [0.3, 0.4) is 0 Å². The molecule has 1 aliphatic heterocycles. The predicted molar refractivity (Wildman–Crippen MR) is 70.8 cm³/mol. The van der Waals surface area contributed by atoms with Gasteiger partial charge in [-0.05, 0) is 46.6 Å². The molecular weight excluding hydrogens is 214 g/mol. The molecule has 0 spiro atoms. The molecule has 1 amide bonds. The Hall–Kier alpha value is -0.610. The molecule has 4 heteroatoms. The number of carbonyl (C=O) groups excluding carboxylic acids is 1. The summed E-state index contributed by atoms with van der Waals surface area (Å²) in [5.41, 5.74) is 5.31. The number of primary amides is 1. The van der Waals surface area contributed by atoms with Crippen LogP contribution >= 0.6 is 0 Å². The van der Waals surface area contributed by atoms with Gasteiger partial charge in [0, 0.05) is 18.1 Å². The number of amides is 1. The van der Waals surface area contributed by atoms with Gasteiger partial charge in [-0.1, -0.05) is 6.42 Å². The Labute approximate surface area is 105 Å². The Morgan fingerprint density at radius 2 is 2.12 bits per heavy atom. The van der Waals surface area contributed by atoms with Gasteiger partial charge in [-0.25, -0.2) is 0 Å². The van der Waals surface area contributed by atoms with Gasteiger partial charge in [-0.3, -0.25) is 9.69 Å². The van der Waals surface area contributed by atoms with Crippen LogP contribution in [0, 0.1) is 0 Å². The van der Waals surface area contributed by atoms with Crippen molar-refractivity contribution in [1.29, 1.82) is 0 Å². The second kappa shape index (κ2) is 6.97. The van der Waals surface area contributed by atoms with Gasteiger partial charge in [-0.2, -0.15) is 0 Å². The minimum absolute atomic E-state index is 0.234. The van der Waals surface area contributed by atoms with Crippen LogP contribution in [0.15, 0.2) is 0 Å². The molecule has 0 aliphatic carbocycles. The van der Waals surface area contributed by atoms with Crippen LogP contribution in [0.2, 0.25) is 0 Å².